The van der Waals surface area contributed by atoms with Crippen molar-refractivity contribution in [3.05, 3.63) is 102 Å². The quantitative estimate of drug-likeness (QED) is 0.525. The van der Waals surface area contributed by atoms with Crippen molar-refractivity contribution in [1.29, 1.82) is 0 Å². The summed E-state index contributed by atoms with van der Waals surface area (Å²) in [5.41, 5.74) is 3.30. The van der Waals surface area contributed by atoms with Crippen LogP contribution in [-0.2, 0) is 6.61 Å². The Morgan fingerprint density at radius 3 is 2.32 bits per heavy atom. The van der Waals surface area contributed by atoms with Gasteiger partial charge in [0.1, 0.15) is 12.4 Å². The first kappa shape index (κ1) is 15.2. The first-order valence-corrected chi connectivity index (χ1v) is 8.19. The monoisotopic (exact) mass is 327 g/mol. The van der Waals surface area contributed by atoms with E-state index in [0.717, 1.165) is 22.2 Å². The molecule has 1 heterocycles. The fraction of sp³-hybridized carbons (Fsp3) is 0.0455. The highest BCUT2D eigenvalue weighted by molar-refractivity contribution is 6.10. The lowest BCUT2D eigenvalue weighted by Crippen LogP contribution is -2.00. The van der Waals surface area contributed by atoms with Crippen LogP contribution in [0, 0.1) is 0 Å². The van der Waals surface area contributed by atoms with Crippen molar-refractivity contribution in [1.82, 2.24) is 4.98 Å². The number of rotatable bonds is 5. The van der Waals surface area contributed by atoms with E-state index >= 15 is 0 Å². The Morgan fingerprint density at radius 2 is 1.56 bits per heavy atom. The molecule has 0 aliphatic rings. The molecule has 3 nitrogen and oxygen atoms in total. The van der Waals surface area contributed by atoms with E-state index < -0.39 is 0 Å². The maximum Gasteiger partial charge on any atom is 0.209 e. The van der Waals surface area contributed by atoms with Gasteiger partial charge >= 0.3 is 0 Å². The van der Waals surface area contributed by atoms with Crippen molar-refractivity contribution >= 4 is 16.7 Å². The van der Waals surface area contributed by atoms with Gasteiger partial charge in [-0.1, -0.05) is 60.7 Å². The summed E-state index contributed by atoms with van der Waals surface area (Å²) in [5.74, 6) is 0.776. The highest BCUT2D eigenvalue weighted by Crippen LogP contribution is 2.23. The molecule has 0 bridgehead atoms. The summed E-state index contributed by atoms with van der Waals surface area (Å²) < 4.78 is 5.86. The number of carbonyl (C=O) groups excluding carboxylic acids is 1. The molecule has 0 radical (unpaired) electrons. The van der Waals surface area contributed by atoms with Gasteiger partial charge < -0.3 is 9.72 Å². The molecular weight excluding hydrogens is 310 g/mol. The lowest BCUT2D eigenvalue weighted by Gasteiger charge is -2.06. The number of hydrogen-bond donors (Lipinski definition) is 1. The Kier molecular flexibility index (Phi) is 4.05. The number of carbonyl (C=O) groups is 1. The van der Waals surface area contributed by atoms with Gasteiger partial charge in [0.2, 0.25) is 5.78 Å². The van der Waals surface area contributed by atoms with Crippen molar-refractivity contribution < 1.29 is 9.53 Å². The number of aromatic amines is 1. The van der Waals surface area contributed by atoms with Crippen LogP contribution < -0.4 is 4.74 Å². The zero-order valence-corrected chi connectivity index (χ0v) is 13.6. The average molecular weight is 327 g/mol. The van der Waals surface area contributed by atoms with Crippen LogP contribution in [0.2, 0.25) is 0 Å². The molecule has 0 aliphatic heterocycles. The van der Waals surface area contributed by atoms with Crippen LogP contribution in [0.1, 0.15) is 21.6 Å². The Hall–Kier alpha value is -3.33. The molecule has 0 saturated carbocycles. The molecule has 4 rings (SSSR count). The fourth-order valence-electron chi connectivity index (χ4n) is 2.81. The lowest BCUT2D eigenvalue weighted by molar-refractivity contribution is 0.103. The molecule has 122 valence electrons. The van der Waals surface area contributed by atoms with Crippen LogP contribution >= 0.6 is 0 Å². The van der Waals surface area contributed by atoms with Gasteiger partial charge in [-0.15, -0.1) is 0 Å². The van der Waals surface area contributed by atoms with Crippen LogP contribution in [0.5, 0.6) is 5.75 Å². The normalized spacial score (nSPS) is 10.7. The maximum absolute atomic E-state index is 12.5. The molecule has 0 saturated heterocycles. The summed E-state index contributed by atoms with van der Waals surface area (Å²) >= 11 is 0. The minimum atomic E-state index is -0.0106. The first-order valence-electron chi connectivity index (χ1n) is 8.19. The average Bonchev–Trinajstić information content (AvgIpc) is 3.10. The minimum Gasteiger partial charge on any atom is -0.489 e. The summed E-state index contributed by atoms with van der Waals surface area (Å²) in [6.45, 7) is 0.520. The van der Waals surface area contributed by atoms with E-state index in [1.54, 1.807) is 0 Å². The number of benzene rings is 3. The van der Waals surface area contributed by atoms with Gasteiger partial charge in [-0.05, 0) is 29.8 Å². The summed E-state index contributed by atoms with van der Waals surface area (Å²) in [7, 11) is 0. The van der Waals surface area contributed by atoms with Gasteiger partial charge in [0.15, 0.2) is 0 Å². The number of H-pyrrole nitrogens is 1. The molecule has 0 fully saturated rings. The van der Waals surface area contributed by atoms with E-state index in [1.165, 1.54) is 0 Å². The standard InChI is InChI=1S/C22H17NO2/c24-22(17-9-5-2-6-10-17)21-14-18-13-19(11-12-20(18)23-21)25-15-16-7-3-1-4-8-16/h1-14,23H,15H2. The fourth-order valence-corrected chi connectivity index (χ4v) is 2.81. The maximum atomic E-state index is 12.5. The van der Waals surface area contributed by atoms with Crippen LogP contribution in [-0.4, -0.2) is 10.8 Å². The van der Waals surface area contributed by atoms with Crippen LogP contribution in [0.3, 0.4) is 0 Å². The van der Waals surface area contributed by atoms with Crippen molar-refractivity contribution in [3.63, 3.8) is 0 Å². The van der Waals surface area contributed by atoms with Crippen LogP contribution in [0.4, 0.5) is 0 Å². The number of fused-ring (bicyclic) bond motifs is 1. The van der Waals surface area contributed by atoms with Gasteiger partial charge in [-0.3, -0.25) is 4.79 Å². The summed E-state index contributed by atoms with van der Waals surface area (Å²) in [6.07, 6.45) is 0. The molecule has 3 aromatic carbocycles. The minimum absolute atomic E-state index is 0.0106. The molecule has 0 amide bonds. The molecule has 0 spiro atoms. The number of ketones is 1. The van der Waals surface area contributed by atoms with E-state index in [1.807, 2.05) is 84.9 Å². The summed E-state index contributed by atoms with van der Waals surface area (Å²) in [6, 6.07) is 27.0. The lowest BCUT2D eigenvalue weighted by atomic mass is 10.1. The Labute approximate surface area is 145 Å². The second-order valence-corrected chi connectivity index (χ2v) is 5.90. The zero-order chi connectivity index (χ0) is 17.1. The van der Waals surface area contributed by atoms with E-state index in [2.05, 4.69) is 4.98 Å². The summed E-state index contributed by atoms with van der Waals surface area (Å²) in [5, 5.41) is 0.963. The van der Waals surface area contributed by atoms with E-state index in [9.17, 15) is 4.79 Å². The third kappa shape index (κ3) is 3.31. The Bertz CT molecular complexity index is 1000. The Balaban J connectivity index is 1.56. The number of aromatic nitrogens is 1. The SMILES string of the molecule is O=C(c1ccccc1)c1cc2cc(OCc3ccccc3)ccc2[nH]1. The molecule has 0 unspecified atom stereocenters. The van der Waals surface area contributed by atoms with Crippen LogP contribution in [0.25, 0.3) is 10.9 Å². The molecular formula is C22H17NO2. The van der Waals surface area contributed by atoms with Crippen molar-refractivity contribution in [2.24, 2.45) is 0 Å². The Morgan fingerprint density at radius 1 is 0.840 bits per heavy atom. The smallest absolute Gasteiger partial charge is 0.209 e. The topological polar surface area (TPSA) is 42.1 Å². The van der Waals surface area contributed by atoms with Crippen molar-refractivity contribution in [2.75, 3.05) is 0 Å². The predicted octanol–water partition coefficient (Wildman–Crippen LogP) is 4.98. The molecule has 4 aromatic rings. The third-order valence-corrected chi connectivity index (χ3v) is 4.12. The molecule has 0 atom stereocenters. The second kappa shape index (κ2) is 6.65. The number of nitrogens with one attached hydrogen (secondary N) is 1. The van der Waals surface area contributed by atoms with Gasteiger partial charge in [-0.2, -0.15) is 0 Å². The van der Waals surface area contributed by atoms with Gasteiger partial charge in [0, 0.05) is 16.5 Å². The van der Waals surface area contributed by atoms with E-state index in [0.29, 0.717) is 17.9 Å². The third-order valence-electron chi connectivity index (χ3n) is 4.12. The molecule has 25 heavy (non-hydrogen) atoms. The zero-order valence-electron chi connectivity index (χ0n) is 13.6. The highest BCUT2D eigenvalue weighted by Gasteiger charge is 2.12. The molecule has 1 N–H and O–H groups in total. The molecule has 1 aromatic heterocycles. The predicted molar refractivity (Wildman–Crippen MR) is 98.9 cm³/mol. The van der Waals surface area contributed by atoms with Gasteiger partial charge in [0.05, 0.1) is 5.69 Å². The summed E-state index contributed by atoms with van der Waals surface area (Å²) in [4.78, 5) is 15.7. The molecule has 0 aliphatic carbocycles. The van der Waals surface area contributed by atoms with Crippen LogP contribution in [0.15, 0.2) is 84.9 Å². The van der Waals surface area contributed by atoms with E-state index in [4.69, 9.17) is 4.74 Å². The number of hydrogen-bond acceptors (Lipinski definition) is 2. The van der Waals surface area contributed by atoms with Gasteiger partial charge in [-0.25, -0.2) is 0 Å². The second-order valence-electron chi connectivity index (χ2n) is 5.90. The van der Waals surface area contributed by atoms with Crippen molar-refractivity contribution in [3.8, 4) is 5.75 Å². The molecule has 3 heteroatoms. The first-order chi connectivity index (χ1) is 12.3. The number of ether oxygens (including phenoxy) is 1. The highest BCUT2D eigenvalue weighted by atomic mass is 16.5. The van der Waals surface area contributed by atoms with Crippen molar-refractivity contribution in [2.45, 2.75) is 6.61 Å². The largest absolute Gasteiger partial charge is 0.489 e. The van der Waals surface area contributed by atoms with Gasteiger partial charge in [0.25, 0.3) is 0 Å². The van der Waals surface area contributed by atoms with E-state index in [-0.39, 0.29) is 5.78 Å².